The highest BCUT2D eigenvalue weighted by Crippen LogP contribution is 2.16. The van der Waals surface area contributed by atoms with Gasteiger partial charge in [-0.1, -0.05) is 19.6 Å². The van der Waals surface area contributed by atoms with E-state index >= 15 is 0 Å². The Bertz CT molecular complexity index is 309. The van der Waals surface area contributed by atoms with Crippen LogP contribution in [-0.2, 0) is 0 Å². The van der Waals surface area contributed by atoms with Gasteiger partial charge in [0.05, 0.1) is 10.7 Å². The monoisotopic (exact) mass is 307 g/mol. The number of nitrogens with zero attached hydrogens (tertiary/aromatic N) is 1. The van der Waals surface area contributed by atoms with Gasteiger partial charge in [-0.15, -0.1) is 0 Å². The fourth-order valence-electron chi connectivity index (χ4n) is 0.984. The molecule has 0 amide bonds. The quantitative estimate of drug-likeness (QED) is 0.617. The Balaban J connectivity index is 3.14. The molecule has 1 rings (SSSR count). The van der Waals surface area contributed by atoms with Gasteiger partial charge in [-0.3, -0.25) is 0 Å². The molecule has 13 heavy (non-hydrogen) atoms. The van der Waals surface area contributed by atoms with Crippen LogP contribution in [0, 0.1) is 3.57 Å². The second-order valence-corrected chi connectivity index (χ2v) is 10.1. The second-order valence-electron chi connectivity index (χ2n) is 3.94. The number of halogens is 1. The van der Waals surface area contributed by atoms with Gasteiger partial charge < -0.3 is 4.74 Å². The van der Waals surface area contributed by atoms with Crippen molar-refractivity contribution in [3.8, 4) is 5.88 Å². The lowest BCUT2D eigenvalue weighted by Crippen LogP contribution is -2.40. The maximum absolute atomic E-state index is 5.18. The molecule has 0 fully saturated rings. The van der Waals surface area contributed by atoms with E-state index in [1.807, 2.05) is 0 Å². The molecule has 72 valence electrons. The van der Waals surface area contributed by atoms with Crippen LogP contribution in [0.4, 0.5) is 0 Å². The van der Waals surface area contributed by atoms with Crippen LogP contribution in [0.15, 0.2) is 12.1 Å². The summed E-state index contributed by atoms with van der Waals surface area (Å²) in [5, 5.41) is 1.20. The zero-order valence-electron chi connectivity index (χ0n) is 8.39. The molecule has 0 aromatic carbocycles. The zero-order valence-corrected chi connectivity index (χ0v) is 11.5. The van der Waals surface area contributed by atoms with E-state index in [1.54, 1.807) is 7.11 Å². The molecule has 0 aliphatic rings. The van der Waals surface area contributed by atoms with Crippen LogP contribution < -0.4 is 10.1 Å². The third-order valence-corrected chi connectivity index (χ3v) is 4.41. The number of hydrogen-bond acceptors (Lipinski definition) is 2. The predicted octanol–water partition coefficient (Wildman–Crippen LogP) is 2.24. The highest BCUT2D eigenvalue weighted by molar-refractivity contribution is 14.1. The van der Waals surface area contributed by atoms with Crippen molar-refractivity contribution in [3.63, 3.8) is 0 Å². The Morgan fingerprint density at radius 3 is 2.38 bits per heavy atom. The van der Waals surface area contributed by atoms with Gasteiger partial charge in [0.25, 0.3) is 0 Å². The fourth-order valence-corrected chi connectivity index (χ4v) is 2.53. The van der Waals surface area contributed by atoms with Gasteiger partial charge in [-0.2, -0.15) is 0 Å². The third kappa shape index (κ3) is 2.67. The Morgan fingerprint density at radius 1 is 1.31 bits per heavy atom. The highest BCUT2D eigenvalue weighted by atomic mass is 127. The summed E-state index contributed by atoms with van der Waals surface area (Å²) in [6, 6.07) is 4.18. The maximum Gasteiger partial charge on any atom is 0.226 e. The highest BCUT2D eigenvalue weighted by Gasteiger charge is 2.19. The number of ether oxygens (including phenoxy) is 1. The minimum atomic E-state index is -1.30. The Hall–Kier alpha value is -0.103. The van der Waals surface area contributed by atoms with E-state index in [0.29, 0.717) is 0 Å². The fraction of sp³-hybridized carbons (Fsp3) is 0.444. The SMILES string of the molecule is COc1nc([Si](C)(C)C)ccc1I. The van der Waals surface area contributed by atoms with E-state index in [-0.39, 0.29) is 0 Å². The summed E-state index contributed by atoms with van der Waals surface area (Å²) in [6.07, 6.45) is 0. The second kappa shape index (κ2) is 3.96. The first kappa shape index (κ1) is 11.0. The van der Waals surface area contributed by atoms with E-state index in [0.717, 1.165) is 9.45 Å². The van der Waals surface area contributed by atoms with E-state index in [1.165, 1.54) is 5.32 Å². The van der Waals surface area contributed by atoms with Crippen LogP contribution in [-0.4, -0.2) is 20.2 Å². The smallest absolute Gasteiger partial charge is 0.226 e. The number of methoxy groups -OCH3 is 1. The molecule has 4 heteroatoms. The summed E-state index contributed by atoms with van der Waals surface area (Å²) in [5.41, 5.74) is 0. The van der Waals surface area contributed by atoms with E-state index in [4.69, 9.17) is 4.74 Å². The Labute approximate surface area is 93.9 Å². The molecule has 2 nitrogen and oxygen atoms in total. The van der Waals surface area contributed by atoms with Crippen molar-refractivity contribution in [3.05, 3.63) is 15.7 Å². The van der Waals surface area contributed by atoms with Crippen LogP contribution in [0.5, 0.6) is 5.88 Å². The zero-order chi connectivity index (χ0) is 10.1. The summed E-state index contributed by atoms with van der Waals surface area (Å²) < 4.78 is 6.26. The lowest BCUT2D eigenvalue weighted by atomic mass is 10.5. The maximum atomic E-state index is 5.18. The summed E-state index contributed by atoms with van der Waals surface area (Å²) in [6.45, 7) is 6.84. The summed E-state index contributed by atoms with van der Waals surface area (Å²) in [7, 11) is 0.367. The number of rotatable bonds is 2. The minimum absolute atomic E-state index is 0.750. The standard InChI is InChI=1S/C9H14INOSi/c1-12-9-7(10)5-6-8(11-9)13(2,3)4/h5-6H,1-4H3. The molecule has 1 aromatic rings. The van der Waals surface area contributed by atoms with Crippen molar-refractivity contribution >= 4 is 36.0 Å². The lowest BCUT2D eigenvalue weighted by Gasteiger charge is -2.16. The summed E-state index contributed by atoms with van der Waals surface area (Å²) in [5.74, 6) is 0.750. The van der Waals surface area contributed by atoms with Crippen molar-refractivity contribution in [2.45, 2.75) is 19.6 Å². The van der Waals surface area contributed by atoms with Crippen molar-refractivity contribution in [2.24, 2.45) is 0 Å². The van der Waals surface area contributed by atoms with E-state index in [9.17, 15) is 0 Å². The molecule has 0 N–H and O–H groups in total. The first-order valence-corrected chi connectivity index (χ1v) is 8.74. The molecular weight excluding hydrogens is 293 g/mol. The number of aromatic nitrogens is 1. The average molecular weight is 307 g/mol. The first-order chi connectivity index (χ1) is 5.95. The molecule has 0 spiro atoms. The van der Waals surface area contributed by atoms with Crippen molar-refractivity contribution in [1.29, 1.82) is 0 Å². The van der Waals surface area contributed by atoms with Gasteiger partial charge in [0.1, 0.15) is 8.07 Å². The van der Waals surface area contributed by atoms with Crippen LogP contribution >= 0.6 is 22.6 Å². The molecule has 0 aliphatic carbocycles. The predicted molar refractivity (Wildman–Crippen MR) is 66.5 cm³/mol. The summed E-state index contributed by atoms with van der Waals surface area (Å²) in [4.78, 5) is 4.49. The van der Waals surface area contributed by atoms with Crippen molar-refractivity contribution in [2.75, 3.05) is 7.11 Å². The van der Waals surface area contributed by atoms with E-state index in [2.05, 4.69) is 59.3 Å². The minimum Gasteiger partial charge on any atom is -0.480 e. The summed E-state index contributed by atoms with van der Waals surface area (Å²) >= 11 is 2.23. The van der Waals surface area contributed by atoms with Gasteiger partial charge in [0.2, 0.25) is 5.88 Å². The van der Waals surface area contributed by atoms with Gasteiger partial charge in [-0.05, 0) is 34.7 Å². The van der Waals surface area contributed by atoms with Crippen LogP contribution in [0.25, 0.3) is 0 Å². The third-order valence-electron chi connectivity index (χ3n) is 1.78. The van der Waals surface area contributed by atoms with Crippen LogP contribution in [0.3, 0.4) is 0 Å². The van der Waals surface area contributed by atoms with Gasteiger partial charge in [0.15, 0.2) is 0 Å². The largest absolute Gasteiger partial charge is 0.480 e. The first-order valence-electron chi connectivity index (χ1n) is 4.16. The molecule has 0 radical (unpaired) electrons. The Kier molecular flexibility index (Phi) is 3.34. The molecule has 0 saturated carbocycles. The van der Waals surface area contributed by atoms with E-state index < -0.39 is 8.07 Å². The molecule has 1 heterocycles. The molecule has 0 saturated heterocycles. The van der Waals surface area contributed by atoms with Gasteiger partial charge in [-0.25, -0.2) is 4.98 Å². The molecule has 1 aromatic heterocycles. The van der Waals surface area contributed by atoms with Crippen molar-refractivity contribution < 1.29 is 4.74 Å². The number of pyridine rings is 1. The van der Waals surface area contributed by atoms with Gasteiger partial charge in [0, 0.05) is 5.32 Å². The number of hydrogen-bond donors (Lipinski definition) is 0. The van der Waals surface area contributed by atoms with Crippen LogP contribution in [0.1, 0.15) is 0 Å². The lowest BCUT2D eigenvalue weighted by molar-refractivity contribution is 0.395. The topological polar surface area (TPSA) is 22.1 Å². The molecular formula is C9H14INOSi. The molecule has 0 aliphatic heterocycles. The van der Waals surface area contributed by atoms with Gasteiger partial charge >= 0.3 is 0 Å². The Morgan fingerprint density at radius 2 is 1.92 bits per heavy atom. The molecule has 0 atom stereocenters. The molecule has 0 bridgehead atoms. The average Bonchev–Trinajstić information content (AvgIpc) is 2.03. The molecule has 0 unspecified atom stereocenters. The normalized spacial score (nSPS) is 11.5. The van der Waals surface area contributed by atoms with Crippen molar-refractivity contribution in [1.82, 2.24) is 4.98 Å². The van der Waals surface area contributed by atoms with Crippen LogP contribution in [0.2, 0.25) is 19.6 Å².